The van der Waals surface area contributed by atoms with E-state index in [2.05, 4.69) is 15.6 Å². The van der Waals surface area contributed by atoms with Crippen molar-refractivity contribution in [1.29, 1.82) is 0 Å². The van der Waals surface area contributed by atoms with E-state index in [4.69, 9.17) is 4.74 Å². The molecule has 3 rings (SSSR count). The second-order valence-corrected chi connectivity index (χ2v) is 6.47. The molecule has 2 aromatic rings. The van der Waals surface area contributed by atoms with Crippen LogP contribution >= 0.6 is 0 Å². The molecule has 122 valence electrons. The third kappa shape index (κ3) is 2.93. The number of amides is 1. The number of aryl methyl sites for hydroxylation is 2. The van der Waals surface area contributed by atoms with Crippen molar-refractivity contribution in [3.05, 3.63) is 41.2 Å². The Morgan fingerprint density at radius 2 is 2.17 bits per heavy atom. The predicted molar refractivity (Wildman–Crippen MR) is 86.4 cm³/mol. The lowest BCUT2D eigenvalue weighted by atomic mass is 9.89. The van der Waals surface area contributed by atoms with E-state index in [1.165, 1.54) is 0 Å². The topological polar surface area (TPSA) is 69.0 Å². The van der Waals surface area contributed by atoms with Gasteiger partial charge in [-0.3, -0.25) is 4.79 Å². The minimum atomic E-state index is -0.329. The number of hydrogen-bond donors (Lipinski definition) is 1. The van der Waals surface area contributed by atoms with Crippen LogP contribution in [0.15, 0.2) is 24.3 Å². The summed E-state index contributed by atoms with van der Waals surface area (Å²) in [5, 5.41) is 11.1. The first kappa shape index (κ1) is 15.5. The summed E-state index contributed by atoms with van der Waals surface area (Å²) < 4.78 is 7.64. The van der Waals surface area contributed by atoms with Crippen LogP contribution < -0.4 is 10.1 Å². The molecule has 0 fully saturated rings. The summed E-state index contributed by atoms with van der Waals surface area (Å²) >= 11 is 0. The lowest BCUT2D eigenvalue weighted by molar-refractivity contribution is 0.0616. The van der Waals surface area contributed by atoms with Crippen molar-refractivity contribution in [1.82, 2.24) is 20.3 Å². The molecule has 23 heavy (non-hydrogen) atoms. The number of nitrogens with zero attached hydrogens (tertiary/aromatic N) is 3. The van der Waals surface area contributed by atoms with Gasteiger partial charge in [0.05, 0.1) is 11.7 Å². The molecule has 1 aromatic carbocycles. The van der Waals surface area contributed by atoms with Gasteiger partial charge in [-0.25, -0.2) is 4.68 Å². The molecule has 0 aliphatic carbocycles. The van der Waals surface area contributed by atoms with Gasteiger partial charge in [-0.2, -0.15) is 0 Å². The molecule has 1 amide bonds. The summed E-state index contributed by atoms with van der Waals surface area (Å²) in [6.07, 6.45) is 0.711. The standard InChI is InChI=1S/C17H22N4O2/c1-5-21-15(11(2)19-20-21)16(22)18-13-10-17(3,4)23-14-9-7-6-8-12(13)14/h6-9,13H,5,10H2,1-4H3,(H,18,22). The maximum Gasteiger partial charge on any atom is 0.272 e. The molecule has 0 radical (unpaired) electrons. The van der Waals surface area contributed by atoms with Crippen molar-refractivity contribution in [2.45, 2.75) is 52.3 Å². The number of ether oxygens (including phenoxy) is 1. The summed E-state index contributed by atoms with van der Waals surface area (Å²) in [7, 11) is 0. The van der Waals surface area contributed by atoms with E-state index in [-0.39, 0.29) is 17.6 Å². The second kappa shape index (κ2) is 5.68. The zero-order chi connectivity index (χ0) is 16.6. The van der Waals surface area contributed by atoms with Crippen LogP contribution in [-0.4, -0.2) is 26.5 Å². The SMILES string of the molecule is CCn1nnc(C)c1C(=O)NC1CC(C)(C)Oc2ccccc21. The first-order valence-electron chi connectivity index (χ1n) is 7.90. The van der Waals surface area contributed by atoms with E-state index >= 15 is 0 Å². The largest absolute Gasteiger partial charge is 0.487 e. The molecule has 1 atom stereocenters. The molecule has 6 heteroatoms. The van der Waals surface area contributed by atoms with Crippen LogP contribution in [0.25, 0.3) is 0 Å². The lowest BCUT2D eigenvalue weighted by Gasteiger charge is -2.37. The number of fused-ring (bicyclic) bond motifs is 1. The third-order valence-corrected chi connectivity index (χ3v) is 4.10. The minimum absolute atomic E-state index is 0.0953. The van der Waals surface area contributed by atoms with E-state index in [9.17, 15) is 4.79 Å². The van der Waals surface area contributed by atoms with Crippen molar-refractivity contribution in [2.75, 3.05) is 0 Å². The fourth-order valence-corrected chi connectivity index (χ4v) is 3.06. The van der Waals surface area contributed by atoms with Crippen molar-refractivity contribution in [3.8, 4) is 5.75 Å². The Balaban J connectivity index is 1.90. The van der Waals surface area contributed by atoms with Gasteiger partial charge in [0.15, 0.2) is 0 Å². The third-order valence-electron chi connectivity index (χ3n) is 4.10. The zero-order valence-corrected chi connectivity index (χ0v) is 14.0. The molecule has 1 N–H and O–H groups in total. The number of benzene rings is 1. The number of carbonyl (C=O) groups excluding carboxylic acids is 1. The van der Waals surface area contributed by atoms with Gasteiger partial charge in [-0.05, 0) is 33.8 Å². The highest BCUT2D eigenvalue weighted by Gasteiger charge is 2.35. The van der Waals surface area contributed by atoms with E-state index in [1.54, 1.807) is 11.6 Å². The molecule has 0 bridgehead atoms. The Labute approximate surface area is 135 Å². The molecular weight excluding hydrogens is 292 g/mol. The molecule has 0 spiro atoms. The van der Waals surface area contributed by atoms with Crippen molar-refractivity contribution in [3.63, 3.8) is 0 Å². The van der Waals surface area contributed by atoms with Crippen LogP contribution in [0, 0.1) is 6.92 Å². The molecule has 2 heterocycles. The fourth-order valence-electron chi connectivity index (χ4n) is 3.06. The maximum atomic E-state index is 12.7. The van der Waals surface area contributed by atoms with Gasteiger partial charge in [0.2, 0.25) is 0 Å². The Bertz CT molecular complexity index is 736. The monoisotopic (exact) mass is 314 g/mol. The number of rotatable bonds is 3. The molecule has 1 aliphatic rings. The van der Waals surface area contributed by atoms with Crippen LogP contribution in [0.5, 0.6) is 5.75 Å². The Kier molecular flexibility index (Phi) is 3.83. The average Bonchev–Trinajstić information content (AvgIpc) is 2.87. The van der Waals surface area contributed by atoms with Crippen LogP contribution in [0.1, 0.15) is 55.0 Å². The summed E-state index contributed by atoms with van der Waals surface area (Å²) in [6.45, 7) is 8.42. The number of para-hydroxylation sites is 1. The first-order chi connectivity index (χ1) is 10.9. The van der Waals surface area contributed by atoms with Crippen molar-refractivity contribution >= 4 is 5.91 Å². The Morgan fingerprint density at radius 3 is 2.91 bits per heavy atom. The van der Waals surface area contributed by atoms with E-state index in [1.807, 2.05) is 45.0 Å². The summed E-state index contributed by atoms with van der Waals surface area (Å²) in [5.74, 6) is 0.680. The van der Waals surface area contributed by atoms with Gasteiger partial charge >= 0.3 is 0 Å². The number of nitrogens with one attached hydrogen (secondary N) is 1. The first-order valence-corrected chi connectivity index (χ1v) is 7.90. The smallest absolute Gasteiger partial charge is 0.272 e. The second-order valence-electron chi connectivity index (χ2n) is 6.47. The van der Waals surface area contributed by atoms with Crippen molar-refractivity contribution < 1.29 is 9.53 Å². The van der Waals surface area contributed by atoms with Crippen LogP contribution in [0.4, 0.5) is 0 Å². The highest BCUT2D eigenvalue weighted by atomic mass is 16.5. The summed E-state index contributed by atoms with van der Waals surface area (Å²) in [5.41, 5.74) is 1.84. The summed E-state index contributed by atoms with van der Waals surface area (Å²) in [4.78, 5) is 12.7. The molecule has 0 saturated heterocycles. The molecule has 1 unspecified atom stereocenters. The van der Waals surface area contributed by atoms with Crippen molar-refractivity contribution in [2.24, 2.45) is 0 Å². The number of hydrogen-bond acceptors (Lipinski definition) is 4. The number of aromatic nitrogens is 3. The Hall–Kier alpha value is -2.37. The van der Waals surface area contributed by atoms with Gasteiger partial charge in [0.25, 0.3) is 5.91 Å². The van der Waals surface area contributed by atoms with Gasteiger partial charge in [-0.1, -0.05) is 23.4 Å². The van der Waals surface area contributed by atoms with Gasteiger partial charge in [-0.15, -0.1) is 5.10 Å². The lowest BCUT2D eigenvalue weighted by Crippen LogP contribution is -2.41. The molecule has 6 nitrogen and oxygen atoms in total. The van der Waals surface area contributed by atoms with E-state index in [0.29, 0.717) is 24.4 Å². The fraction of sp³-hybridized carbons (Fsp3) is 0.471. The minimum Gasteiger partial charge on any atom is -0.487 e. The van der Waals surface area contributed by atoms with Gasteiger partial charge in [0, 0.05) is 18.5 Å². The van der Waals surface area contributed by atoms with E-state index < -0.39 is 0 Å². The van der Waals surface area contributed by atoms with E-state index in [0.717, 1.165) is 11.3 Å². The highest BCUT2D eigenvalue weighted by Crippen LogP contribution is 2.39. The summed E-state index contributed by atoms with van der Waals surface area (Å²) in [6, 6.07) is 7.75. The number of carbonyl (C=O) groups is 1. The maximum absolute atomic E-state index is 12.7. The van der Waals surface area contributed by atoms with Crippen LogP contribution in [-0.2, 0) is 6.54 Å². The predicted octanol–water partition coefficient (Wildman–Crippen LogP) is 2.64. The zero-order valence-electron chi connectivity index (χ0n) is 14.0. The van der Waals surface area contributed by atoms with Gasteiger partial charge < -0.3 is 10.1 Å². The molecular formula is C17H22N4O2. The Morgan fingerprint density at radius 1 is 1.43 bits per heavy atom. The quantitative estimate of drug-likeness (QED) is 0.945. The van der Waals surface area contributed by atoms with Gasteiger partial charge in [0.1, 0.15) is 17.0 Å². The van der Waals surface area contributed by atoms with Crippen LogP contribution in [0.3, 0.4) is 0 Å². The average molecular weight is 314 g/mol. The molecule has 0 saturated carbocycles. The van der Waals surface area contributed by atoms with Crippen LogP contribution in [0.2, 0.25) is 0 Å². The normalized spacial score (nSPS) is 18.9. The molecule has 1 aliphatic heterocycles. The highest BCUT2D eigenvalue weighted by molar-refractivity contribution is 5.93. The molecule has 1 aromatic heterocycles.